The van der Waals surface area contributed by atoms with Gasteiger partial charge >= 0.3 is 0 Å². The molecule has 102 valence electrons. The first-order chi connectivity index (χ1) is 8.47. The van der Waals surface area contributed by atoms with Crippen LogP contribution in [-0.4, -0.2) is 15.7 Å². The van der Waals surface area contributed by atoms with Gasteiger partial charge in [-0.25, -0.2) is 4.39 Å². The predicted octanol–water partition coefficient (Wildman–Crippen LogP) is 2.85. The molecular weight excluding hydrogens is 269 g/mol. The van der Waals surface area contributed by atoms with Crippen molar-refractivity contribution in [2.45, 2.75) is 13.8 Å². The van der Waals surface area contributed by atoms with Crippen LogP contribution >= 0.6 is 12.4 Å². The summed E-state index contributed by atoms with van der Waals surface area (Å²) in [5, 5.41) is 6.74. The fourth-order valence-corrected chi connectivity index (χ4v) is 1.69. The van der Waals surface area contributed by atoms with Crippen LogP contribution in [-0.2, 0) is 7.05 Å². The summed E-state index contributed by atoms with van der Waals surface area (Å²) in [6, 6.07) is 4.60. The van der Waals surface area contributed by atoms with Crippen molar-refractivity contribution < 1.29 is 9.18 Å². The first-order valence-corrected chi connectivity index (χ1v) is 5.55. The minimum absolute atomic E-state index is 0. The van der Waals surface area contributed by atoms with Gasteiger partial charge in [0.05, 0.1) is 11.3 Å². The van der Waals surface area contributed by atoms with Gasteiger partial charge in [-0.3, -0.25) is 9.48 Å². The van der Waals surface area contributed by atoms with Gasteiger partial charge in [-0.05, 0) is 31.5 Å². The molecule has 1 N–H and O–H groups in total. The summed E-state index contributed by atoms with van der Waals surface area (Å²) in [6.07, 6.45) is 1.63. The highest BCUT2D eigenvalue weighted by atomic mass is 35.5. The molecule has 4 nitrogen and oxygen atoms in total. The molecule has 1 heterocycles. The molecule has 19 heavy (non-hydrogen) atoms. The van der Waals surface area contributed by atoms with E-state index >= 15 is 0 Å². The molecule has 0 spiro atoms. The topological polar surface area (TPSA) is 46.9 Å². The van der Waals surface area contributed by atoms with Gasteiger partial charge in [-0.1, -0.05) is 6.07 Å². The number of benzene rings is 1. The molecule has 2 aromatic rings. The number of nitrogens with one attached hydrogen (secondary N) is 1. The number of anilines is 1. The minimum Gasteiger partial charge on any atom is -0.322 e. The van der Waals surface area contributed by atoms with Crippen LogP contribution in [0.1, 0.15) is 21.6 Å². The first-order valence-electron chi connectivity index (χ1n) is 5.55. The van der Waals surface area contributed by atoms with E-state index in [0.717, 1.165) is 0 Å². The third-order valence-electron chi connectivity index (χ3n) is 2.69. The fourth-order valence-electron chi connectivity index (χ4n) is 1.69. The van der Waals surface area contributed by atoms with Gasteiger partial charge in [0, 0.05) is 18.9 Å². The van der Waals surface area contributed by atoms with Crippen molar-refractivity contribution in [2.75, 3.05) is 5.32 Å². The normalized spacial score (nSPS) is 9.89. The van der Waals surface area contributed by atoms with E-state index in [1.165, 1.54) is 6.07 Å². The number of hydrogen-bond donors (Lipinski definition) is 1. The molecule has 0 bridgehead atoms. The van der Waals surface area contributed by atoms with Crippen molar-refractivity contribution in [3.8, 4) is 0 Å². The number of amides is 1. The number of nitrogens with zero attached hydrogens (tertiary/aromatic N) is 2. The lowest BCUT2D eigenvalue weighted by Crippen LogP contribution is -2.12. The van der Waals surface area contributed by atoms with Crippen molar-refractivity contribution in [1.82, 2.24) is 9.78 Å². The average Bonchev–Trinajstić information content (AvgIpc) is 2.63. The van der Waals surface area contributed by atoms with Gasteiger partial charge in [0.2, 0.25) is 0 Å². The van der Waals surface area contributed by atoms with E-state index in [0.29, 0.717) is 22.5 Å². The predicted molar refractivity (Wildman–Crippen MR) is 74.3 cm³/mol. The molecule has 0 atom stereocenters. The number of aromatic nitrogens is 2. The van der Waals surface area contributed by atoms with E-state index in [-0.39, 0.29) is 24.1 Å². The van der Waals surface area contributed by atoms with E-state index in [4.69, 9.17) is 0 Å². The minimum atomic E-state index is -0.337. The molecule has 0 unspecified atom stereocenters. The molecule has 0 radical (unpaired) electrons. The second-order valence-electron chi connectivity index (χ2n) is 4.22. The molecule has 1 amide bonds. The van der Waals surface area contributed by atoms with E-state index in [9.17, 15) is 9.18 Å². The molecule has 0 aliphatic rings. The Balaban J connectivity index is 0.00000180. The highest BCUT2D eigenvalue weighted by Gasteiger charge is 2.13. The average molecular weight is 284 g/mol. The van der Waals surface area contributed by atoms with Crippen LogP contribution in [0.4, 0.5) is 10.1 Å². The third-order valence-corrected chi connectivity index (χ3v) is 2.69. The Bertz CT molecular complexity index is 610. The highest BCUT2D eigenvalue weighted by Crippen LogP contribution is 2.15. The number of aryl methyl sites for hydroxylation is 3. The Morgan fingerprint density at radius 3 is 2.58 bits per heavy atom. The Kier molecular flexibility index (Phi) is 4.67. The zero-order valence-corrected chi connectivity index (χ0v) is 11.7. The van der Waals surface area contributed by atoms with E-state index < -0.39 is 0 Å². The lowest BCUT2D eigenvalue weighted by Gasteiger charge is -2.05. The van der Waals surface area contributed by atoms with Crippen LogP contribution in [0.5, 0.6) is 0 Å². The second kappa shape index (κ2) is 5.84. The summed E-state index contributed by atoms with van der Waals surface area (Å²) in [5.74, 6) is -0.625. The smallest absolute Gasteiger partial charge is 0.259 e. The third kappa shape index (κ3) is 3.32. The monoisotopic (exact) mass is 283 g/mol. The number of carbonyl (C=O) groups is 1. The number of carbonyl (C=O) groups excluding carboxylic acids is 1. The van der Waals surface area contributed by atoms with Gasteiger partial charge in [0.1, 0.15) is 5.82 Å². The summed E-state index contributed by atoms with van der Waals surface area (Å²) >= 11 is 0. The number of rotatable bonds is 2. The Hall–Kier alpha value is -1.88. The Morgan fingerprint density at radius 2 is 2.05 bits per heavy atom. The van der Waals surface area contributed by atoms with Gasteiger partial charge in [0.25, 0.3) is 5.91 Å². The van der Waals surface area contributed by atoms with E-state index in [1.807, 2.05) is 0 Å². The van der Waals surface area contributed by atoms with Crippen LogP contribution < -0.4 is 5.32 Å². The van der Waals surface area contributed by atoms with E-state index in [1.54, 1.807) is 43.9 Å². The van der Waals surface area contributed by atoms with Crippen molar-refractivity contribution in [2.24, 2.45) is 7.05 Å². The van der Waals surface area contributed by atoms with Gasteiger partial charge in [-0.2, -0.15) is 5.10 Å². The highest BCUT2D eigenvalue weighted by molar-refractivity contribution is 6.04. The van der Waals surface area contributed by atoms with Gasteiger partial charge in [0.15, 0.2) is 0 Å². The first kappa shape index (κ1) is 15.2. The molecule has 6 heteroatoms. The maximum absolute atomic E-state index is 13.3. The van der Waals surface area contributed by atoms with Crippen molar-refractivity contribution in [3.05, 3.63) is 47.0 Å². The van der Waals surface area contributed by atoms with Crippen molar-refractivity contribution in [3.63, 3.8) is 0 Å². The summed E-state index contributed by atoms with van der Waals surface area (Å²) in [6.45, 7) is 3.43. The molecule has 2 rings (SSSR count). The standard InChI is InChI=1S/C13H14FN3O.ClH/c1-8-4-5-10(6-12(8)14)15-13(18)11-7-17(3)16-9(11)2;/h4-7H,1-3H3,(H,15,18);1H. The molecule has 0 aliphatic heterocycles. The fraction of sp³-hybridized carbons (Fsp3) is 0.231. The largest absolute Gasteiger partial charge is 0.322 e. The molecule has 1 aromatic carbocycles. The second-order valence-corrected chi connectivity index (χ2v) is 4.22. The van der Waals surface area contributed by atoms with Crippen molar-refractivity contribution >= 4 is 24.0 Å². The zero-order valence-electron chi connectivity index (χ0n) is 10.9. The summed E-state index contributed by atoms with van der Waals surface area (Å²) in [5.41, 5.74) is 2.11. The maximum atomic E-state index is 13.3. The van der Waals surface area contributed by atoms with Crippen LogP contribution in [0.25, 0.3) is 0 Å². The van der Waals surface area contributed by atoms with E-state index in [2.05, 4.69) is 10.4 Å². The summed E-state index contributed by atoms with van der Waals surface area (Å²) < 4.78 is 14.9. The van der Waals surface area contributed by atoms with Crippen LogP contribution in [0, 0.1) is 19.7 Å². The molecule has 0 saturated carbocycles. The lowest BCUT2D eigenvalue weighted by molar-refractivity contribution is 0.102. The summed E-state index contributed by atoms with van der Waals surface area (Å²) in [7, 11) is 1.75. The van der Waals surface area contributed by atoms with Crippen molar-refractivity contribution in [1.29, 1.82) is 0 Å². The molecule has 0 fully saturated rings. The number of halogens is 2. The molecule has 1 aromatic heterocycles. The van der Waals surface area contributed by atoms with Crippen LogP contribution in [0.3, 0.4) is 0 Å². The zero-order chi connectivity index (χ0) is 13.3. The molecular formula is C13H15ClFN3O. The van der Waals surface area contributed by atoms with Gasteiger partial charge < -0.3 is 5.32 Å². The maximum Gasteiger partial charge on any atom is 0.259 e. The molecule has 0 saturated heterocycles. The summed E-state index contributed by atoms with van der Waals surface area (Å²) in [4.78, 5) is 12.0. The lowest BCUT2D eigenvalue weighted by atomic mass is 10.2. The Labute approximate surface area is 117 Å². The van der Waals surface area contributed by atoms with Crippen LogP contribution in [0.2, 0.25) is 0 Å². The van der Waals surface area contributed by atoms with Crippen LogP contribution in [0.15, 0.2) is 24.4 Å². The number of hydrogen-bond acceptors (Lipinski definition) is 2. The SMILES string of the molecule is Cc1ccc(NC(=O)c2cn(C)nc2C)cc1F.Cl. The molecule has 0 aliphatic carbocycles. The Morgan fingerprint density at radius 1 is 1.37 bits per heavy atom. The quantitative estimate of drug-likeness (QED) is 0.921. The van der Waals surface area contributed by atoms with Gasteiger partial charge in [-0.15, -0.1) is 12.4 Å².